The zero-order valence-electron chi connectivity index (χ0n) is 33.8. The number of piperazine rings is 1. The van der Waals surface area contributed by atoms with Crippen molar-refractivity contribution in [1.29, 1.82) is 0 Å². The molecule has 7 nitrogen and oxygen atoms in total. The molecule has 7 aliphatic rings. The van der Waals surface area contributed by atoms with Crippen molar-refractivity contribution >= 4 is 23.5 Å². The van der Waals surface area contributed by atoms with Gasteiger partial charge in [-0.25, -0.2) is 9.59 Å². The van der Waals surface area contributed by atoms with E-state index < -0.39 is 5.97 Å². The van der Waals surface area contributed by atoms with Crippen LogP contribution in [0.25, 0.3) is 5.57 Å². The van der Waals surface area contributed by atoms with E-state index in [1.54, 1.807) is 12.1 Å². The fraction of sp³-hybridized carbons (Fsp3) is 0.761. The van der Waals surface area contributed by atoms with Crippen molar-refractivity contribution in [2.45, 2.75) is 144 Å². The van der Waals surface area contributed by atoms with Crippen LogP contribution in [0.2, 0.25) is 0 Å². The monoisotopic (exact) mass is 726 g/mol. The number of hydrogen-bond donors (Lipinski definition) is 2. The van der Waals surface area contributed by atoms with Crippen LogP contribution in [0.15, 0.2) is 30.3 Å². The Balaban J connectivity index is 1.05. The number of carboxylic acids is 1. The molecule has 2 N–H and O–H groups in total. The van der Waals surface area contributed by atoms with Crippen molar-refractivity contribution in [2.24, 2.45) is 57.2 Å². The summed E-state index contributed by atoms with van der Waals surface area (Å²) in [5, 5.41) is 13.3. The van der Waals surface area contributed by atoms with Crippen molar-refractivity contribution in [3.05, 3.63) is 41.5 Å². The second-order valence-corrected chi connectivity index (χ2v) is 20.6. The maximum Gasteiger partial charge on any atom is 0.335 e. The molecule has 0 radical (unpaired) electrons. The number of carbonyl (C=O) groups is 3. The van der Waals surface area contributed by atoms with Gasteiger partial charge in [0.05, 0.1) is 5.56 Å². The lowest BCUT2D eigenvalue weighted by molar-refractivity contribution is -0.220. The third kappa shape index (κ3) is 5.49. The summed E-state index contributed by atoms with van der Waals surface area (Å²) in [6, 6.07) is 7.94. The number of hydrogen-bond acceptors (Lipinski definition) is 3. The number of nitrogens with one attached hydrogen (secondary N) is 1. The molecule has 6 aliphatic carbocycles. The first-order valence-electron chi connectivity index (χ1n) is 21.5. The van der Waals surface area contributed by atoms with Crippen molar-refractivity contribution in [2.75, 3.05) is 19.6 Å². The molecule has 9 atom stereocenters. The molecule has 1 aromatic rings. The van der Waals surface area contributed by atoms with Crippen LogP contribution in [0.5, 0.6) is 0 Å². The predicted octanol–water partition coefficient (Wildman–Crippen LogP) is 9.66. The van der Waals surface area contributed by atoms with E-state index >= 15 is 0 Å². The second-order valence-electron chi connectivity index (χ2n) is 20.6. The highest BCUT2D eigenvalue weighted by atomic mass is 16.4. The summed E-state index contributed by atoms with van der Waals surface area (Å²) in [6.45, 7) is 19.3. The first kappa shape index (κ1) is 37.1. The minimum atomic E-state index is -0.874. The number of benzene rings is 1. The van der Waals surface area contributed by atoms with Crippen molar-refractivity contribution < 1.29 is 19.5 Å². The van der Waals surface area contributed by atoms with Crippen molar-refractivity contribution in [3.63, 3.8) is 0 Å². The van der Waals surface area contributed by atoms with Gasteiger partial charge in [-0.15, -0.1) is 0 Å². The highest BCUT2D eigenvalue weighted by Gasteiger charge is 2.71. The van der Waals surface area contributed by atoms with Crippen molar-refractivity contribution in [1.82, 2.24) is 15.1 Å². The number of nitrogens with zero attached hydrogens (tertiary/aromatic N) is 2. The molecule has 53 heavy (non-hydrogen) atoms. The molecule has 0 bridgehead atoms. The topological polar surface area (TPSA) is 90.0 Å². The van der Waals surface area contributed by atoms with E-state index in [4.69, 9.17) is 0 Å². The fourth-order valence-corrected chi connectivity index (χ4v) is 15.3. The fourth-order valence-electron chi connectivity index (χ4n) is 15.3. The SMILES string of the molecule is CC(C)[C@@H]1CC[C@]2(NC(=O)N3CCN(C4CCCC4)C(=O)C3)CC[C@]3(C)[C@H](CC[C@@H]4[C@@]5(C)CC=C(c6ccc(C(=O)O)cc6)C(C)(C)[C@@H]5CC[C@]43C)[C@@H]12. The van der Waals surface area contributed by atoms with Crippen molar-refractivity contribution in [3.8, 4) is 0 Å². The molecule has 0 aromatic heterocycles. The Morgan fingerprint density at radius 1 is 0.830 bits per heavy atom. The highest BCUT2D eigenvalue weighted by Crippen LogP contribution is 2.76. The van der Waals surface area contributed by atoms with Crippen LogP contribution in [-0.4, -0.2) is 64.0 Å². The Bertz CT molecular complexity index is 1660. The smallest absolute Gasteiger partial charge is 0.335 e. The van der Waals surface area contributed by atoms with E-state index in [0.717, 1.165) is 44.1 Å². The summed E-state index contributed by atoms with van der Waals surface area (Å²) < 4.78 is 0. The number of allylic oxidation sites excluding steroid dienone is 2. The molecule has 3 amide bonds. The largest absolute Gasteiger partial charge is 0.478 e. The molecule has 290 valence electrons. The molecule has 0 spiro atoms. The van der Waals surface area contributed by atoms with Gasteiger partial charge in [-0.2, -0.15) is 0 Å². The minimum Gasteiger partial charge on any atom is -0.478 e. The molecule has 1 saturated heterocycles. The normalized spacial score (nSPS) is 40.9. The molecule has 6 fully saturated rings. The zero-order chi connectivity index (χ0) is 37.7. The first-order chi connectivity index (χ1) is 25.1. The maximum atomic E-state index is 14.2. The third-order valence-electron chi connectivity index (χ3n) is 18.0. The second kappa shape index (κ2) is 12.9. The quantitative estimate of drug-likeness (QED) is 0.317. The van der Waals surface area contributed by atoms with E-state index in [9.17, 15) is 19.5 Å². The molecular formula is C46H67N3O4. The zero-order valence-corrected chi connectivity index (χ0v) is 33.8. The number of carbonyl (C=O) groups excluding carboxylic acids is 2. The minimum absolute atomic E-state index is 0.0000216. The molecule has 0 unspecified atom stereocenters. The van der Waals surface area contributed by atoms with E-state index in [-0.39, 0.29) is 45.7 Å². The van der Waals surface area contributed by atoms with Crippen LogP contribution in [0.1, 0.15) is 148 Å². The van der Waals surface area contributed by atoms with E-state index in [1.165, 1.54) is 50.5 Å². The van der Waals surface area contributed by atoms with Crippen LogP contribution >= 0.6 is 0 Å². The Morgan fingerprint density at radius 2 is 1.55 bits per heavy atom. The molecule has 1 heterocycles. The standard InChI is InChI=1S/C46H67N3O4/c1-29(2)33-18-23-46(47-41(53)48-26-27-49(38(50)28-48)32-10-8-9-11-32)25-24-44(6)35(39(33)46)16-17-37-43(5)21-19-34(30-12-14-31(15-13-30)40(51)52)42(3,4)36(43)20-22-45(37,44)7/h12-15,19,29,32-33,35-37,39H,8-11,16-18,20-28H2,1-7H3,(H,47,53)(H,51,52)/t33-,35+,36-,37+,39+,43-,44+,45+,46-/m0/s1. The van der Waals surface area contributed by atoms with Gasteiger partial charge >= 0.3 is 12.0 Å². The molecule has 8 rings (SSSR count). The molecular weight excluding hydrogens is 659 g/mol. The van der Waals surface area contributed by atoms with Crippen LogP contribution < -0.4 is 5.32 Å². The number of fused-ring (bicyclic) bond motifs is 7. The number of amides is 3. The van der Waals surface area contributed by atoms with Crippen LogP contribution in [0, 0.1) is 57.2 Å². The molecule has 1 aromatic carbocycles. The van der Waals surface area contributed by atoms with Gasteiger partial charge in [0.1, 0.15) is 6.54 Å². The number of aromatic carboxylic acids is 1. The Labute approximate surface area is 319 Å². The lowest BCUT2D eigenvalue weighted by Gasteiger charge is -2.72. The van der Waals surface area contributed by atoms with Crippen LogP contribution in [0.4, 0.5) is 4.79 Å². The van der Waals surface area contributed by atoms with Gasteiger partial charge in [0.25, 0.3) is 0 Å². The van der Waals surface area contributed by atoms with Gasteiger partial charge in [0.2, 0.25) is 5.91 Å². The third-order valence-corrected chi connectivity index (χ3v) is 18.0. The van der Waals surface area contributed by atoms with E-state index in [0.29, 0.717) is 60.2 Å². The first-order valence-corrected chi connectivity index (χ1v) is 21.5. The summed E-state index contributed by atoms with van der Waals surface area (Å²) in [7, 11) is 0. The van der Waals surface area contributed by atoms with Crippen LogP contribution in [0.3, 0.4) is 0 Å². The summed E-state index contributed by atoms with van der Waals surface area (Å²) >= 11 is 0. The van der Waals surface area contributed by atoms with Gasteiger partial charge in [0.15, 0.2) is 0 Å². The predicted molar refractivity (Wildman–Crippen MR) is 210 cm³/mol. The number of carboxylic acid groups (broad SMARTS) is 1. The Kier molecular flexibility index (Phi) is 9.01. The highest BCUT2D eigenvalue weighted by molar-refractivity contribution is 5.88. The van der Waals surface area contributed by atoms with E-state index in [1.807, 2.05) is 17.0 Å². The average molecular weight is 726 g/mol. The number of urea groups is 1. The van der Waals surface area contributed by atoms with Gasteiger partial charge in [-0.3, -0.25) is 4.79 Å². The van der Waals surface area contributed by atoms with E-state index in [2.05, 4.69) is 64.8 Å². The summed E-state index contributed by atoms with van der Waals surface area (Å²) in [4.78, 5) is 43.1. The number of rotatable bonds is 5. The summed E-state index contributed by atoms with van der Waals surface area (Å²) in [5.41, 5.74) is 3.30. The van der Waals surface area contributed by atoms with Gasteiger partial charge in [-0.05, 0) is 151 Å². The molecule has 7 heteroatoms. The molecule has 1 aliphatic heterocycles. The summed E-state index contributed by atoms with van der Waals surface area (Å²) in [5.74, 6) is 2.65. The Morgan fingerprint density at radius 3 is 2.21 bits per heavy atom. The van der Waals surface area contributed by atoms with Crippen LogP contribution in [-0.2, 0) is 4.79 Å². The maximum absolute atomic E-state index is 14.2. The van der Waals surface area contributed by atoms with Gasteiger partial charge < -0.3 is 20.2 Å². The summed E-state index contributed by atoms with van der Waals surface area (Å²) in [6.07, 6.45) is 17.6. The van der Waals surface area contributed by atoms with Gasteiger partial charge in [0, 0.05) is 24.7 Å². The molecule has 5 saturated carbocycles. The Hall–Kier alpha value is -2.83. The average Bonchev–Trinajstić information content (AvgIpc) is 3.78. The lowest BCUT2D eigenvalue weighted by Crippen LogP contribution is -2.69. The lowest BCUT2D eigenvalue weighted by atomic mass is 9.33. The van der Waals surface area contributed by atoms with Gasteiger partial charge in [-0.1, -0.05) is 79.5 Å².